The van der Waals surface area contributed by atoms with E-state index in [1.165, 1.54) is 0 Å². The highest BCUT2D eigenvalue weighted by molar-refractivity contribution is 5.95. The summed E-state index contributed by atoms with van der Waals surface area (Å²) in [7, 11) is 1.94. The molecule has 2 aliphatic heterocycles. The Morgan fingerprint density at radius 1 is 1.38 bits per heavy atom. The van der Waals surface area contributed by atoms with E-state index >= 15 is 0 Å². The van der Waals surface area contributed by atoms with Crippen LogP contribution in [0.25, 0.3) is 0 Å². The maximum absolute atomic E-state index is 12.6. The summed E-state index contributed by atoms with van der Waals surface area (Å²) >= 11 is 0. The van der Waals surface area contributed by atoms with Crippen LogP contribution in [-0.4, -0.2) is 46.7 Å². The lowest BCUT2D eigenvalue weighted by Gasteiger charge is -2.25. The number of hydrogen-bond acceptors (Lipinski definition) is 3. The molecule has 21 heavy (non-hydrogen) atoms. The van der Waals surface area contributed by atoms with Gasteiger partial charge in [-0.05, 0) is 25.8 Å². The number of rotatable bonds is 1. The molecule has 2 amide bonds. The molecule has 0 aliphatic carbocycles. The van der Waals surface area contributed by atoms with Crippen molar-refractivity contribution < 1.29 is 14.3 Å². The number of ether oxygens (including phenoxy) is 1. The summed E-state index contributed by atoms with van der Waals surface area (Å²) in [5.41, 5.74) is 1.32. The van der Waals surface area contributed by atoms with E-state index in [-0.39, 0.29) is 12.0 Å². The maximum Gasteiger partial charge on any atom is 0.407 e. The molecule has 0 bridgehead atoms. The smallest absolute Gasteiger partial charge is 0.407 e. The molecule has 114 valence electrons. The third kappa shape index (κ3) is 2.50. The Balaban J connectivity index is 1.72. The van der Waals surface area contributed by atoms with Gasteiger partial charge in [0.1, 0.15) is 5.60 Å². The predicted molar refractivity (Wildman–Crippen MR) is 77.1 cm³/mol. The monoisotopic (exact) mass is 291 g/mol. The van der Waals surface area contributed by atoms with Crippen LogP contribution in [0.5, 0.6) is 0 Å². The number of aryl methyl sites for hydroxylation is 1. The van der Waals surface area contributed by atoms with Gasteiger partial charge in [0.25, 0.3) is 5.91 Å². The van der Waals surface area contributed by atoms with Gasteiger partial charge >= 0.3 is 6.09 Å². The summed E-state index contributed by atoms with van der Waals surface area (Å²) in [6.07, 6.45) is 3.93. The van der Waals surface area contributed by atoms with Gasteiger partial charge in [-0.1, -0.05) is 0 Å². The Morgan fingerprint density at radius 3 is 2.81 bits per heavy atom. The topological polar surface area (TPSA) is 63.6 Å². The average molecular weight is 291 g/mol. The van der Waals surface area contributed by atoms with Crippen molar-refractivity contribution in [3.63, 3.8) is 0 Å². The van der Waals surface area contributed by atoms with Crippen LogP contribution < -0.4 is 5.32 Å². The Kier molecular flexibility index (Phi) is 3.39. The summed E-state index contributed by atoms with van der Waals surface area (Å²) in [6, 6.07) is 1.87. The molecule has 6 nitrogen and oxygen atoms in total. The van der Waals surface area contributed by atoms with E-state index < -0.39 is 5.60 Å². The minimum absolute atomic E-state index is 0.0717. The zero-order chi connectivity index (χ0) is 15.0. The van der Waals surface area contributed by atoms with Crippen molar-refractivity contribution in [3.05, 3.63) is 23.5 Å². The first-order chi connectivity index (χ1) is 10.0. The highest BCUT2D eigenvalue weighted by atomic mass is 16.6. The fourth-order valence-electron chi connectivity index (χ4n) is 3.16. The van der Waals surface area contributed by atoms with Crippen molar-refractivity contribution in [2.45, 2.75) is 31.8 Å². The number of carbonyl (C=O) groups is 2. The van der Waals surface area contributed by atoms with Crippen LogP contribution in [0.3, 0.4) is 0 Å². The molecule has 1 spiro atoms. The lowest BCUT2D eigenvalue weighted by Crippen LogP contribution is -2.36. The summed E-state index contributed by atoms with van der Waals surface area (Å²) in [5, 5.41) is 2.73. The second kappa shape index (κ2) is 5.09. The summed E-state index contributed by atoms with van der Waals surface area (Å²) in [5.74, 6) is 0.0717. The van der Waals surface area contributed by atoms with E-state index in [1.807, 2.05) is 35.7 Å². The third-order valence-corrected chi connectivity index (χ3v) is 4.66. The van der Waals surface area contributed by atoms with Crippen molar-refractivity contribution in [2.75, 3.05) is 19.6 Å². The largest absolute Gasteiger partial charge is 0.441 e. The van der Waals surface area contributed by atoms with E-state index in [4.69, 9.17) is 4.74 Å². The number of nitrogens with zero attached hydrogens (tertiary/aromatic N) is 2. The van der Waals surface area contributed by atoms with Gasteiger partial charge in [-0.3, -0.25) is 4.79 Å². The molecule has 2 fully saturated rings. The van der Waals surface area contributed by atoms with Crippen molar-refractivity contribution in [2.24, 2.45) is 7.05 Å². The van der Waals surface area contributed by atoms with Crippen LogP contribution >= 0.6 is 0 Å². The van der Waals surface area contributed by atoms with Gasteiger partial charge in [0.2, 0.25) is 0 Å². The van der Waals surface area contributed by atoms with E-state index in [9.17, 15) is 9.59 Å². The van der Waals surface area contributed by atoms with Crippen LogP contribution in [-0.2, 0) is 11.8 Å². The fraction of sp³-hybridized carbons (Fsp3) is 0.600. The zero-order valence-corrected chi connectivity index (χ0v) is 12.5. The number of nitrogens with one attached hydrogen (secondary N) is 1. The molecular weight excluding hydrogens is 270 g/mol. The first kappa shape index (κ1) is 14.0. The number of likely N-dealkylation sites (tertiary alicyclic amines) is 1. The second-order valence-electron chi connectivity index (χ2n) is 6.00. The minimum atomic E-state index is -0.419. The lowest BCUT2D eigenvalue weighted by molar-refractivity contribution is 0.0438. The van der Waals surface area contributed by atoms with Crippen molar-refractivity contribution in [3.8, 4) is 0 Å². The van der Waals surface area contributed by atoms with E-state index in [1.54, 1.807) is 0 Å². The van der Waals surface area contributed by atoms with Gasteiger partial charge in [-0.15, -0.1) is 0 Å². The zero-order valence-electron chi connectivity index (χ0n) is 12.5. The Morgan fingerprint density at radius 2 is 2.19 bits per heavy atom. The molecule has 6 heteroatoms. The standard InChI is InChI=1S/C15H21N3O3/c1-11-12(4-8-17(11)2)13(19)18-7-3-5-15(6-9-18)10-16-14(20)21-15/h4,8H,3,5-7,9-10H2,1-2H3,(H,16,20)/t15-/m1/s1. The van der Waals surface area contributed by atoms with E-state index in [2.05, 4.69) is 5.32 Å². The quantitative estimate of drug-likeness (QED) is 0.851. The average Bonchev–Trinajstić information content (AvgIpc) is 2.89. The first-order valence-corrected chi connectivity index (χ1v) is 7.39. The molecule has 1 N–H and O–H groups in total. The van der Waals surface area contributed by atoms with Gasteiger partial charge < -0.3 is 19.5 Å². The van der Waals surface area contributed by atoms with Gasteiger partial charge in [0, 0.05) is 38.4 Å². The van der Waals surface area contributed by atoms with Crippen molar-refractivity contribution >= 4 is 12.0 Å². The molecular formula is C15H21N3O3. The molecule has 2 aliphatic rings. The van der Waals surface area contributed by atoms with Crippen LogP contribution in [0, 0.1) is 6.92 Å². The molecule has 0 aromatic carbocycles. The molecule has 1 atom stereocenters. The summed E-state index contributed by atoms with van der Waals surface area (Å²) in [4.78, 5) is 25.8. The van der Waals surface area contributed by atoms with E-state index in [0.29, 0.717) is 26.1 Å². The molecule has 2 saturated heterocycles. The second-order valence-corrected chi connectivity index (χ2v) is 6.00. The van der Waals surface area contributed by atoms with E-state index in [0.717, 1.165) is 24.1 Å². The van der Waals surface area contributed by atoms with Crippen molar-refractivity contribution in [1.82, 2.24) is 14.8 Å². The maximum atomic E-state index is 12.6. The van der Waals surface area contributed by atoms with Gasteiger partial charge in [0.05, 0.1) is 12.1 Å². The number of carbonyl (C=O) groups excluding carboxylic acids is 2. The molecule has 3 rings (SSSR count). The fourth-order valence-corrected chi connectivity index (χ4v) is 3.16. The molecule has 3 heterocycles. The first-order valence-electron chi connectivity index (χ1n) is 7.39. The van der Waals surface area contributed by atoms with Crippen molar-refractivity contribution in [1.29, 1.82) is 0 Å². The predicted octanol–water partition coefficient (Wildman–Crippen LogP) is 1.44. The normalized spacial score (nSPS) is 25.6. The van der Waals surface area contributed by atoms with Gasteiger partial charge in [-0.25, -0.2) is 4.79 Å². The molecule has 1 aromatic heterocycles. The Labute approximate surface area is 124 Å². The minimum Gasteiger partial charge on any atom is -0.441 e. The number of aromatic nitrogens is 1. The number of hydrogen-bond donors (Lipinski definition) is 1. The molecule has 0 unspecified atom stereocenters. The highest BCUT2D eigenvalue weighted by Crippen LogP contribution is 2.30. The SMILES string of the molecule is Cc1c(C(=O)N2CCC[C@@]3(CC2)CNC(=O)O3)ccn1C. The van der Waals surface area contributed by atoms with Crippen LogP contribution in [0.2, 0.25) is 0 Å². The third-order valence-electron chi connectivity index (χ3n) is 4.66. The summed E-state index contributed by atoms with van der Waals surface area (Å²) in [6.45, 7) is 3.85. The Bertz CT molecular complexity index is 581. The Hall–Kier alpha value is -1.98. The molecule has 0 saturated carbocycles. The highest BCUT2D eigenvalue weighted by Gasteiger charge is 2.42. The summed E-state index contributed by atoms with van der Waals surface area (Å²) < 4.78 is 7.39. The van der Waals surface area contributed by atoms with Crippen LogP contribution in [0.1, 0.15) is 35.3 Å². The molecule has 1 aromatic rings. The number of amides is 2. The lowest BCUT2D eigenvalue weighted by atomic mass is 9.95. The van der Waals surface area contributed by atoms with Crippen LogP contribution in [0.15, 0.2) is 12.3 Å². The molecule has 0 radical (unpaired) electrons. The number of alkyl carbamates (subject to hydrolysis) is 1. The van der Waals surface area contributed by atoms with Gasteiger partial charge in [0.15, 0.2) is 0 Å². The van der Waals surface area contributed by atoms with Gasteiger partial charge in [-0.2, -0.15) is 0 Å². The van der Waals surface area contributed by atoms with Crippen LogP contribution in [0.4, 0.5) is 4.79 Å².